The van der Waals surface area contributed by atoms with Gasteiger partial charge in [0.05, 0.1) is 5.69 Å². The van der Waals surface area contributed by atoms with Gasteiger partial charge in [0, 0.05) is 34.5 Å². The Balaban J connectivity index is 2.51. The first kappa shape index (κ1) is 11.6. The molecule has 0 spiro atoms. The Morgan fingerprint density at radius 2 is 2.12 bits per heavy atom. The fourth-order valence-corrected chi connectivity index (χ4v) is 2.38. The van der Waals surface area contributed by atoms with Gasteiger partial charge in [-0.1, -0.05) is 18.2 Å². The maximum absolute atomic E-state index is 4.53. The molecule has 3 nitrogen and oxygen atoms in total. The number of hydrogen-bond acceptors (Lipinski definition) is 2. The molecule has 84 valence electrons. The van der Waals surface area contributed by atoms with E-state index in [1.807, 2.05) is 24.8 Å². The number of nitrogens with zero attached hydrogens (tertiary/aromatic N) is 2. The minimum atomic E-state index is 0.841. The van der Waals surface area contributed by atoms with Gasteiger partial charge in [0.2, 0.25) is 0 Å². The van der Waals surface area contributed by atoms with Crippen LogP contribution in [-0.4, -0.2) is 16.8 Å². The van der Waals surface area contributed by atoms with Gasteiger partial charge in [-0.25, -0.2) is 0 Å². The Labute approximate surface area is 109 Å². The summed E-state index contributed by atoms with van der Waals surface area (Å²) in [5, 5.41) is 7.70. The van der Waals surface area contributed by atoms with Crippen LogP contribution in [0.3, 0.4) is 0 Å². The Morgan fingerprint density at radius 1 is 1.38 bits per heavy atom. The lowest BCUT2D eigenvalue weighted by Gasteiger charge is -2.03. The summed E-state index contributed by atoms with van der Waals surface area (Å²) in [5.74, 6) is 0. The summed E-state index contributed by atoms with van der Waals surface area (Å²) in [7, 11) is 3.91. The number of aryl methyl sites for hydroxylation is 1. The van der Waals surface area contributed by atoms with Crippen molar-refractivity contribution in [2.24, 2.45) is 7.05 Å². The summed E-state index contributed by atoms with van der Waals surface area (Å²) in [4.78, 5) is 0. The van der Waals surface area contributed by atoms with Crippen LogP contribution in [0.15, 0.2) is 30.5 Å². The molecule has 0 aliphatic rings. The van der Waals surface area contributed by atoms with Crippen LogP contribution in [0.5, 0.6) is 0 Å². The van der Waals surface area contributed by atoms with Gasteiger partial charge >= 0.3 is 0 Å². The first-order valence-electron chi connectivity index (χ1n) is 5.14. The minimum absolute atomic E-state index is 0.841. The summed E-state index contributed by atoms with van der Waals surface area (Å²) < 4.78 is 3.10. The number of benzene rings is 1. The molecule has 0 bridgehead atoms. The average Bonchev–Trinajstić information content (AvgIpc) is 2.61. The van der Waals surface area contributed by atoms with E-state index in [1.54, 1.807) is 0 Å². The summed E-state index contributed by atoms with van der Waals surface area (Å²) in [6, 6.07) is 8.32. The van der Waals surface area contributed by atoms with Gasteiger partial charge in [-0.2, -0.15) is 5.10 Å². The summed E-state index contributed by atoms with van der Waals surface area (Å²) in [6.07, 6.45) is 2.06. The zero-order chi connectivity index (χ0) is 11.5. The molecule has 2 rings (SSSR count). The standard InChI is InChI=1S/C12H14IN3/c1-14-7-9-8-16(2)15-12(9)10-5-3-4-6-11(10)13/h3-6,8,14H,7H2,1-2H3. The Morgan fingerprint density at radius 3 is 2.81 bits per heavy atom. The lowest BCUT2D eigenvalue weighted by Crippen LogP contribution is -2.05. The van der Waals surface area contributed by atoms with Crippen molar-refractivity contribution < 1.29 is 0 Å². The molecule has 2 aromatic rings. The summed E-state index contributed by atoms with van der Waals surface area (Å²) in [6.45, 7) is 0.841. The fraction of sp³-hybridized carbons (Fsp3) is 0.250. The molecule has 0 unspecified atom stereocenters. The van der Waals surface area contributed by atoms with Crippen LogP contribution in [0, 0.1) is 3.57 Å². The van der Waals surface area contributed by atoms with Crippen LogP contribution < -0.4 is 5.32 Å². The largest absolute Gasteiger partial charge is 0.316 e. The number of nitrogens with one attached hydrogen (secondary N) is 1. The lowest BCUT2D eigenvalue weighted by atomic mass is 10.1. The molecule has 0 fully saturated rings. The predicted molar refractivity (Wildman–Crippen MR) is 74.1 cm³/mol. The van der Waals surface area contributed by atoms with Crippen LogP contribution >= 0.6 is 22.6 Å². The molecule has 0 radical (unpaired) electrons. The Hall–Kier alpha value is -0.880. The molecule has 4 heteroatoms. The molecule has 1 aromatic carbocycles. The zero-order valence-electron chi connectivity index (χ0n) is 9.37. The second-order valence-corrected chi connectivity index (χ2v) is 4.85. The maximum Gasteiger partial charge on any atom is 0.0978 e. The van der Waals surface area contributed by atoms with E-state index in [1.165, 1.54) is 14.7 Å². The van der Waals surface area contributed by atoms with Gasteiger partial charge in [0.25, 0.3) is 0 Å². The summed E-state index contributed by atoms with van der Waals surface area (Å²) in [5.41, 5.74) is 3.50. The van der Waals surface area contributed by atoms with Gasteiger partial charge in [0.15, 0.2) is 0 Å². The Bertz CT molecular complexity index is 491. The van der Waals surface area contributed by atoms with Gasteiger partial charge < -0.3 is 5.32 Å². The van der Waals surface area contributed by atoms with E-state index < -0.39 is 0 Å². The molecule has 0 atom stereocenters. The highest BCUT2D eigenvalue weighted by molar-refractivity contribution is 14.1. The molecule has 0 saturated carbocycles. The fourth-order valence-electron chi connectivity index (χ4n) is 1.74. The minimum Gasteiger partial charge on any atom is -0.316 e. The van der Waals surface area contributed by atoms with E-state index >= 15 is 0 Å². The monoisotopic (exact) mass is 327 g/mol. The van der Waals surface area contributed by atoms with E-state index in [2.05, 4.69) is 57.4 Å². The van der Waals surface area contributed by atoms with Crippen molar-refractivity contribution in [3.63, 3.8) is 0 Å². The molecule has 1 heterocycles. The second-order valence-electron chi connectivity index (χ2n) is 3.69. The van der Waals surface area contributed by atoms with Crippen molar-refractivity contribution in [2.45, 2.75) is 6.54 Å². The molecule has 0 amide bonds. The van der Waals surface area contributed by atoms with Gasteiger partial charge in [0.1, 0.15) is 0 Å². The second kappa shape index (κ2) is 4.97. The predicted octanol–water partition coefficient (Wildman–Crippen LogP) is 2.41. The third kappa shape index (κ3) is 2.27. The van der Waals surface area contributed by atoms with E-state index in [-0.39, 0.29) is 0 Å². The van der Waals surface area contributed by atoms with Gasteiger partial charge in [-0.15, -0.1) is 0 Å². The van der Waals surface area contributed by atoms with Gasteiger partial charge in [-0.3, -0.25) is 4.68 Å². The van der Waals surface area contributed by atoms with Crippen molar-refractivity contribution in [1.29, 1.82) is 0 Å². The number of rotatable bonds is 3. The van der Waals surface area contributed by atoms with E-state index in [0.717, 1.165) is 12.2 Å². The normalized spacial score (nSPS) is 10.7. The molecule has 16 heavy (non-hydrogen) atoms. The highest BCUT2D eigenvalue weighted by Gasteiger charge is 2.11. The van der Waals surface area contributed by atoms with E-state index in [9.17, 15) is 0 Å². The molecule has 1 N–H and O–H groups in total. The number of aromatic nitrogens is 2. The van der Waals surface area contributed by atoms with Gasteiger partial charge in [-0.05, 0) is 35.7 Å². The molecule has 0 aliphatic carbocycles. The smallest absolute Gasteiger partial charge is 0.0978 e. The van der Waals surface area contributed by atoms with E-state index in [0.29, 0.717) is 0 Å². The number of hydrogen-bond donors (Lipinski definition) is 1. The highest BCUT2D eigenvalue weighted by atomic mass is 127. The van der Waals surface area contributed by atoms with Crippen molar-refractivity contribution >= 4 is 22.6 Å². The van der Waals surface area contributed by atoms with Crippen LogP contribution in [0.1, 0.15) is 5.56 Å². The average molecular weight is 327 g/mol. The van der Waals surface area contributed by atoms with Crippen LogP contribution in [0.4, 0.5) is 0 Å². The van der Waals surface area contributed by atoms with Crippen molar-refractivity contribution in [1.82, 2.24) is 15.1 Å². The van der Waals surface area contributed by atoms with Crippen molar-refractivity contribution in [3.8, 4) is 11.3 Å². The molecular weight excluding hydrogens is 313 g/mol. The van der Waals surface area contributed by atoms with Crippen molar-refractivity contribution in [2.75, 3.05) is 7.05 Å². The highest BCUT2D eigenvalue weighted by Crippen LogP contribution is 2.26. The topological polar surface area (TPSA) is 29.9 Å². The molecule has 1 aromatic heterocycles. The molecular formula is C12H14IN3. The van der Waals surface area contributed by atoms with Crippen LogP contribution in [-0.2, 0) is 13.6 Å². The third-order valence-corrected chi connectivity index (χ3v) is 3.34. The quantitative estimate of drug-likeness (QED) is 0.878. The number of halogens is 1. The maximum atomic E-state index is 4.53. The first-order chi connectivity index (χ1) is 7.72. The lowest BCUT2D eigenvalue weighted by molar-refractivity contribution is 0.765. The first-order valence-corrected chi connectivity index (χ1v) is 6.22. The van der Waals surface area contributed by atoms with E-state index in [4.69, 9.17) is 0 Å². The van der Waals surface area contributed by atoms with Crippen molar-refractivity contribution in [3.05, 3.63) is 39.6 Å². The summed E-state index contributed by atoms with van der Waals surface area (Å²) >= 11 is 2.35. The van der Waals surface area contributed by atoms with Crippen LogP contribution in [0.25, 0.3) is 11.3 Å². The zero-order valence-corrected chi connectivity index (χ0v) is 11.5. The van der Waals surface area contributed by atoms with Crippen LogP contribution in [0.2, 0.25) is 0 Å². The molecule has 0 saturated heterocycles. The SMILES string of the molecule is CNCc1cn(C)nc1-c1ccccc1I. The molecule has 0 aliphatic heterocycles. The third-order valence-electron chi connectivity index (χ3n) is 2.40. The Kier molecular flexibility index (Phi) is 3.60.